The van der Waals surface area contributed by atoms with E-state index in [2.05, 4.69) is 15.3 Å². The molecule has 5 atom stereocenters. The number of anilines is 1. The van der Waals surface area contributed by atoms with Gasteiger partial charge < -0.3 is 10.5 Å². The Hall–Kier alpha value is -3.25. The molecule has 2 aliphatic heterocycles. The average molecular weight is 472 g/mol. The van der Waals surface area contributed by atoms with Crippen molar-refractivity contribution < 1.29 is 22.5 Å². The number of benzene rings is 1. The van der Waals surface area contributed by atoms with Crippen LogP contribution >= 0.6 is 0 Å². The van der Waals surface area contributed by atoms with Gasteiger partial charge in [-0.05, 0) is 18.2 Å². The molecule has 1 aliphatic carbocycles. The molecule has 0 bridgehead atoms. The van der Waals surface area contributed by atoms with Crippen LogP contribution in [0.2, 0.25) is 0 Å². The van der Waals surface area contributed by atoms with E-state index >= 15 is 0 Å². The number of ether oxygens (including phenoxy) is 1. The van der Waals surface area contributed by atoms with Crippen LogP contribution < -0.4 is 10.6 Å². The minimum Gasteiger partial charge on any atom is -0.421 e. The zero-order chi connectivity index (χ0) is 22.9. The lowest BCUT2D eigenvalue weighted by molar-refractivity contribution is 0.0922. The lowest BCUT2D eigenvalue weighted by atomic mass is 10.0. The van der Waals surface area contributed by atoms with Crippen molar-refractivity contribution in [1.29, 1.82) is 0 Å². The van der Waals surface area contributed by atoms with Gasteiger partial charge in [-0.2, -0.15) is 0 Å². The number of nitrogens with two attached hydrogens (primary N) is 1. The molecule has 2 N–H and O–H groups in total. The lowest BCUT2D eigenvalue weighted by Gasteiger charge is -2.17. The summed E-state index contributed by atoms with van der Waals surface area (Å²) < 4.78 is 48.2. The van der Waals surface area contributed by atoms with E-state index in [9.17, 15) is 17.8 Å². The van der Waals surface area contributed by atoms with Gasteiger partial charge in [0.05, 0.1) is 35.2 Å². The van der Waals surface area contributed by atoms with Crippen molar-refractivity contribution in [3.63, 3.8) is 0 Å². The van der Waals surface area contributed by atoms with Gasteiger partial charge >= 0.3 is 6.09 Å². The van der Waals surface area contributed by atoms with Crippen molar-refractivity contribution in [2.75, 3.05) is 23.0 Å². The average Bonchev–Trinajstić information content (AvgIpc) is 3.33. The van der Waals surface area contributed by atoms with Gasteiger partial charge in [0.15, 0.2) is 0 Å². The molecule has 0 spiro atoms. The summed E-state index contributed by atoms with van der Waals surface area (Å²) in [6.07, 6.45) is 2.87. The summed E-state index contributed by atoms with van der Waals surface area (Å²) in [4.78, 5) is 17.8. The van der Waals surface area contributed by atoms with E-state index in [1.54, 1.807) is 12.1 Å². The Bertz CT molecular complexity index is 1250. The molecule has 12 heteroatoms. The molecule has 170 valence electrons. The van der Waals surface area contributed by atoms with E-state index in [0.717, 1.165) is 17.0 Å². The van der Waals surface area contributed by atoms with Crippen LogP contribution in [0.4, 0.5) is 19.3 Å². The molecule has 1 saturated carbocycles. The molecule has 3 fully saturated rings. The summed E-state index contributed by atoms with van der Waals surface area (Å²) in [5.41, 5.74) is 6.52. The molecule has 3 aromatic rings. The molecule has 4 heterocycles. The number of pyridine rings is 1. The predicted octanol–water partition coefficient (Wildman–Crippen LogP) is 1.94. The Morgan fingerprint density at radius 1 is 1.18 bits per heavy atom. The van der Waals surface area contributed by atoms with E-state index in [4.69, 9.17) is 10.5 Å². The standard InChI is InChI=1S/C21H18F2N6O3S/c22-15-5-12(28-8-18(32-20(28)30)29-4-3-26-27-29)6-16(23)19(15)11-1-2-17(25-7-11)21(24)13-9-33(31)10-14(13)21/h1-7,13-14,18H,8-10,24H2/t13-,14+,18?,21?,33?. The van der Waals surface area contributed by atoms with E-state index in [1.807, 2.05) is 0 Å². The maximum absolute atomic E-state index is 15.0. The van der Waals surface area contributed by atoms with Gasteiger partial charge in [0.1, 0.15) is 11.6 Å². The molecule has 9 nitrogen and oxygen atoms in total. The van der Waals surface area contributed by atoms with Gasteiger partial charge in [0.25, 0.3) is 0 Å². The number of carbonyl (C=O) groups excluding carboxylic acids is 1. The van der Waals surface area contributed by atoms with Gasteiger partial charge in [-0.3, -0.25) is 14.1 Å². The first-order valence-electron chi connectivity index (χ1n) is 10.3. The first kappa shape index (κ1) is 20.4. The molecule has 0 radical (unpaired) electrons. The van der Waals surface area contributed by atoms with Crippen LogP contribution in [0.3, 0.4) is 0 Å². The zero-order valence-corrected chi connectivity index (χ0v) is 17.9. The highest BCUT2D eigenvalue weighted by molar-refractivity contribution is 7.85. The van der Waals surface area contributed by atoms with E-state index in [-0.39, 0.29) is 35.2 Å². The highest BCUT2D eigenvalue weighted by atomic mass is 32.2. The molecule has 2 aromatic heterocycles. The van der Waals surface area contributed by atoms with Crippen LogP contribution in [0.15, 0.2) is 42.9 Å². The van der Waals surface area contributed by atoms with Gasteiger partial charge in [0.2, 0.25) is 6.23 Å². The summed E-state index contributed by atoms with van der Waals surface area (Å²) in [6, 6.07) is 5.42. The second-order valence-corrected chi connectivity index (χ2v) is 10.0. The molecule has 1 amide bonds. The number of fused-ring (bicyclic) bond motifs is 1. The normalized spacial score (nSPS) is 30.4. The number of halogens is 2. The van der Waals surface area contributed by atoms with E-state index in [1.165, 1.54) is 23.3 Å². The van der Waals surface area contributed by atoms with Crippen molar-refractivity contribution in [3.05, 3.63) is 60.2 Å². The number of hydrogen-bond acceptors (Lipinski definition) is 7. The first-order chi connectivity index (χ1) is 15.9. The second-order valence-electron chi connectivity index (χ2n) is 8.47. The third-order valence-electron chi connectivity index (χ3n) is 6.70. The van der Waals surface area contributed by atoms with Gasteiger partial charge in [-0.25, -0.2) is 18.3 Å². The van der Waals surface area contributed by atoms with Crippen molar-refractivity contribution in [3.8, 4) is 11.1 Å². The molecule has 1 aromatic carbocycles. The summed E-state index contributed by atoms with van der Waals surface area (Å²) in [5, 5.41) is 7.45. The minimum absolute atomic E-state index is 0.0301. The Morgan fingerprint density at radius 3 is 2.52 bits per heavy atom. The lowest BCUT2D eigenvalue weighted by Crippen LogP contribution is -2.30. The number of cyclic esters (lactones) is 1. The Labute approximate surface area is 189 Å². The molecule has 3 unspecified atom stereocenters. The Balaban J connectivity index is 1.25. The van der Waals surface area contributed by atoms with E-state index < -0.39 is 40.3 Å². The van der Waals surface area contributed by atoms with Crippen LogP contribution in [-0.4, -0.2) is 48.3 Å². The van der Waals surface area contributed by atoms with Crippen LogP contribution in [0.25, 0.3) is 11.1 Å². The number of nitrogens with zero attached hydrogens (tertiary/aromatic N) is 5. The first-order valence-corrected chi connectivity index (χ1v) is 11.8. The Kier molecular flexibility index (Phi) is 4.40. The van der Waals surface area contributed by atoms with Crippen molar-refractivity contribution in [2.24, 2.45) is 17.6 Å². The maximum Gasteiger partial charge on any atom is 0.416 e. The van der Waals surface area contributed by atoms with Crippen molar-refractivity contribution in [1.82, 2.24) is 20.0 Å². The fourth-order valence-corrected chi connectivity index (χ4v) is 6.83. The SMILES string of the molecule is NC1(c2ccc(-c3c(F)cc(N4CC(n5ccnn5)OC4=O)cc3F)cn2)[C@@H]2CS(=O)C[C@@H]21. The quantitative estimate of drug-likeness (QED) is 0.617. The smallest absolute Gasteiger partial charge is 0.416 e. The number of amides is 1. The minimum atomic E-state index is -0.835. The molecular formula is C21H18F2N6O3S. The maximum atomic E-state index is 15.0. The van der Waals surface area contributed by atoms with Gasteiger partial charge in [-0.15, -0.1) is 5.10 Å². The molecular weight excluding hydrogens is 454 g/mol. The van der Waals surface area contributed by atoms with Crippen LogP contribution in [0.5, 0.6) is 0 Å². The van der Waals surface area contributed by atoms with Crippen molar-refractivity contribution in [2.45, 2.75) is 11.8 Å². The topological polar surface area (TPSA) is 116 Å². The molecule has 3 aliphatic rings. The number of aromatic nitrogens is 4. The van der Waals surface area contributed by atoms with Crippen LogP contribution in [-0.2, 0) is 21.1 Å². The summed E-state index contributed by atoms with van der Waals surface area (Å²) >= 11 is 0. The highest BCUT2D eigenvalue weighted by Gasteiger charge is 2.67. The molecule has 6 rings (SSSR count). The second kappa shape index (κ2) is 7.12. The zero-order valence-electron chi connectivity index (χ0n) is 17.1. The summed E-state index contributed by atoms with van der Waals surface area (Å²) in [5.74, 6) is -0.287. The third kappa shape index (κ3) is 3.08. The van der Waals surface area contributed by atoms with Crippen LogP contribution in [0.1, 0.15) is 11.9 Å². The molecule has 2 saturated heterocycles. The predicted molar refractivity (Wildman–Crippen MR) is 113 cm³/mol. The summed E-state index contributed by atoms with van der Waals surface area (Å²) in [6.45, 7) is 0.0301. The largest absolute Gasteiger partial charge is 0.421 e. The number of carbonyl (C=O) groups is 1. The Morgan fingerprint density at radius 2 is 1.91 bits per heavy atom. The van der Waals surface area contributed by atoms with Crippen molar-refractivity contribution >= 4 is 22.6 Å². The van der Waals surface area contributed by atoms with Gasteiger partial charge in [0, 0.05) is 52.1 Å². The fraction of sp³-hybridized carbons (Fsp3) is 0.333. The fourth-order valence-electron chi connectivity index (χ4n) is 4.88. The van der Waals surface area contributed by atoms with Gasteiger partial charge in [-0.1, -0.05) is 11.3 Å². The highest BCUT2D eigenvalue weighted by Crippen LogP contribution is 2.59. The molecule has 33 heavy (non-hydrogen) atoms. The number of rotatable bonds is 4. The van der Waals surface area contributed by atoms with E-state index in [0.29, 0.717) is 17.2 Å². The summed E-state index contributed by atoms with van der Waals surface area (Å²) in [7, 11) is -0.833. The number of hydrogen-bond donors (Lipinski definition) is 1. The monoisotopic (exact) mass is 472 g/mol. The third-order valence-corrected chi connectivity index (χ3v) is 8.16. The van der Waals surface area contributed by atoms with Crippen LogP contribution in [0, 0.1) is 23.5 Å².